The molecule has 2 aromatic rings. The van der Waals surface area contributed by atoms with Gasteiger partial charge in [-0.1, -0.05) is 18.9 Å². The lowest BCUT2D eigenvalue weighted by Crippen LogP contribution is -2.28. The van der Waals surface area contributed by atoms with E-state index in [9.17, 15) is 4.79 Å². The first kappa shape index (κ1) is 15.3. The van der Waals surface area contributed by atoms with Gasteiger partial charge in [-0.2, -0.15) is 5.10 Å². The lowest BCUT2D eigenvalue weighted by molar-refractivity contribution is -0.122. The average molecular weight is 317 g/mol. The zero-order valence-electron chi connectivity index (χ0n) is 13.0. The standard InChI is InChI=1S/C17H23N3OS/c1-13-11-15(16-7-4-10-22-16)19-20(13)9-8-18-17(21)12-14-5-2-3-6-14/h4,7,10-11,14H,2-3,5-6,8-9,12H2,1H3,(H,18,21). The molecule has 0 saturated heterocycles. The number of rotatable bonds is 6. The van der Waals surface area contributed by atoms with Crippen molar-refractivity contribution in [2.24, 2.45) is 5.92 Å². The fourth-order valence-electron chi connectivity index (χ4n) is 3.13. The van der Waals surface area contributed by atoms with Gasteiger partial charge < -0.3 is 5.32 Å². The summed E-state index contributed by atoms with van der Waals surface area (Å²) < 4.78 is 1.98. The van der Waals surface area contributed by atoms with E-state index >= 15 is 0 Å². The molecular formula is C17H23N3OS. The number of carbonyl (C=O) groups is 1. The molecule has 4 nitrogen and oxygen atoms in total. The summed E-state index contributed by atoms with van der Waals surface area (Å²) in [5.74, 6) is 0.798. The summed E-state index contributed by atoms with van der Waals surface area (Å²) in [6.45, 7) is 3.44. The highest BCUT2D eigenvalue weighted by Crippen LogP contribution is 2.27. The zero-order valence-corrected chi connectivity index (χ0v) is 13.9. The Morgan fingerprint density at radius 1 is 1.45 bits per heavy atom. The average Bonchev–Trinajstić information content (AvgIpc) is 3.21. The molecule has 1 fully saturated rings. The summed E-state index contributed by atoms with van der Waals surface area (Å²) in [6, 6.07) is 6.23. The number of nitrogens with one attached hydrogen (secondary N) is 1. The van der Waals surface area contributed by atoms with E-state index in [0.717, 1.165) is 17.9 Å². The lowest BCUT2D eigenvalue weighted by atomic mass is 10.0. The molecule has 2 aromatic heterocycles. The van der Waals surface area contributed by atoms with Gasteiger partial charge in [0.05, 0.1) is 11.4 Å². The minimum absolute atomic E-state index is 0.190. The second-order valence-corrected chi connectivity index (χ2v) is 7.02. The Morgan fingerprint density at radius 2 is 2.27 bits per heavy atom. The fraction of sp³-hybridized carbons (Fsp3) is 0.529. The Balaban J connectivity index is 1.48. The predicted molar refractivity (Wildman–Crippen MR) is 89.9 cm³/mol. The van der Waals surface area contributed by atoms with Crippen LogP contribution in [0.4, 0.5) is 0 Å². The quantitative estimate of drug-likeness (QED) is 0.884. The third-order valence-corrected chi connectivity index (χ3v) is 5.24. The number of aryl methyl sites for hydroxylation is 1. The zero-order chi connectivity index (χ0) is 15.4. The first-order valence-corrected chi connectivity index (χ1v) is 8.95. The number of aromatic nitrogens is 2. The van der Waals surface area contributed by atoms with Crippen LogP contribution in [-0.4, -0.2) is 22.2 Å². The highest BCUT2D eigenvalue weighted by atomic mass is 32.1. The third-order valence-electron chi connectivity index (χ3n) is 4.35. The molecule has 2 heterocycles. The predicted octanol–water partition coefficient (Wildman–Crippen LogP) is 3.62. The van der Waals surface area contributed by atoms with Crippen molar-refractivity contribution in [3.05, 3.63) is 29.3 Å². The van der Waals surface area contributed by atoms with Gasteiger partial charge >= 0.3 is 0 Å². The minimum Gasteiger partial charge on any atom is -0.354 e. The van der Waals surface area contributed by atoms with E-state index in [2.05, 4.69) is 34.9 Å². The Hall–Kier alpha value is -1.62. The van der Waals surface area contributed by atoms with Gasteiger partial charge in [-0.15, -0.1) is 11.3 Å². The Kier molecular flexibility index (Phi) is 4.93. The van der Waals surface area contributed by atoms with Gasteiger partial charge in [-0.05, 0) is 43.2 Å². The van der Waals surface area contributed by atoms with E-state index in [-0.39, 0.29) is 5.91 Å². The van der Waals surface area contributed by atoms with E-state index in [4.69, 9.17) is 0 Å². The van der Waals surface area contributed by atoms with Crippen molar-refractivity contribution >= 4 is 17.2 Å². The van der Waals surface area contributed by atoms with Crippen LogP contribution in [-0.2, 0) is 11.3 Å². The summed E-state index contributed by atoms with van der Waals surface area (Å²) in [6.07, 6.45) is 5.70. The molecule has 1 amide bonds. The fourth-order valence-corrected chi connectivity index (χ4v) is 3.81. The largest absolute Gasteiger partial charge is 0.354 e. The Morgan fingerprint density at radius 3 is 3.00 bits per heavy atom. The van der Waals surface area contributed by atoms with Crippen molar-refractivity contribution in [1.29, 1.82) is 0 Å². The van der Waals surface area contributed by atoms with Crippen molar-refractivity contribution < 1.29 is 4.79 Å². The Bertz CT molecular complexity index is 612. The molecule has 1 N–H and O–H groups in total. The van der Waals surface area contributed by atoms with Crippen LogP contribution in [0.15, 0.2) is 23.6 Å². The van der Waals surface area contributed by atoms with Crippen LogP contribution in [0.3, 0.4) is 0 Å². The van der Waals surface area contributed by atoms with Crippen molar-refractivity contribution in [3.63, 3.8) is 0 Å². The number of carbonyl (C=O) groups excluding carboxylic acids is 1. The maximum absolute atomic E-state index is 11.9. The molecule has 1 aliphatic rings. The summed E-state index contributed by atoms with van der Waals surface area (Å²) in [7, 11) is 0. The second-order valence-electron chi connectivity index (χ2n) is 6.08. The van der Waals surface area contributed by atoms with Crippen LogP contribution in [0.1, 0.15) is 37.8 Å². The molecule has 118 valence electrons. The maximum atomic E-state index is 11.9. The summed E-state index contributed by atoms with van der Waals surface area (Å²) in [5.41, 5.74) is 2.15. The molecular weight excluding hydrogens is 294 g/mol. The van der Waals surface area contributed by atoms with Crippen LogP contribution in [0, 0.1) is 12.8 Å². The first-order valence-electron chi connectivity index (χ1n) is 8.07. The van der Waals surface area contributed by atoms with Crippen LogP contribution < -0.4 is 5.32 Å². The van der Waals surface area contributed by atoms with Crippen LogP contribution in [0.2, 0.25) is 0 Å². The second kappa shape index (κ2) is 7.09. The van der Waals surface area contributed by atoms with Gasteiger partial charge in [-0.3, -0.25) is 9.48 Å². The Labute approximate surface area is 135 Å². The third kappa shape index (κ3) is 3.77. The number of amides is 1. The normalized spacial score (nSPS) is 15.3. The summed E-state index contributed by atoms with van der Waals surface area (Å²) in [5, 5.41) is 9.72. The molecule has 0 bridgehead atoms. The maximum Gasteiger partial charge on any atom is 0.220 e. The monoisotopic (exact) mass is 317 g/mol. The summed E-state index contributed by atoms with van der Waals surface area (Å²) in [4.78, 5) is 13.1. The minimum atomic E-state index is 0.190. The molecule has 0 unspecified atom stereocenters. The van der Waals surface area contributed by atoms with Gasteiger partial charge in [0.15, 0.2) is 0 Å². The molecule has 3 rings (SSSR count). The van der Waals surface area contributed by atoms with Crippen molar-refractivity contribution in [2.45, 2.75) is 45.6 Å². The van der Waals surface area contributed by atoms with Crippen molar-refractivity contribution in [2.75, 3.05) is 6.54 Å². The topological polar surface area (TPSA) is 46.9 Å². The van der Waals surface area contributed by atoms with E-state index < -0.39 is 0 Å². The van der Waals surface area contributed by atoms with Crippen molar-refractivity contribution in [1.82, 2.24) is 15.1 Å². The van der Waals surface area contributed by atoms with E-state index in [1.165, 1.54) is 30.6 Å². The molecule has 5 heteroatoms. The van der Waals surface area contributed by atoms with Gasteiger partial charge in [0, 0.05) is 18.7 Å². The van der Waals surface area contributed by atoms with E-state index in [1.807, 2.05) is 10.7 Å². The molecule has 1 aliphatic carbocycles. The smallest absolute Gasteiger partial charge is 0.220 e. The van der Waals surface area contributed by atoms with E-state index in [0.29, 0.717) is 18.9 Å². The number of hydrogen-bond donors (Lipinski definition) is 1. The molecule has 0 spiro atoms. The molecule has 0 radical (unpaired) electrons. The number of nitrogens with zero attached hydrogens (tertiary/aromatic N) is 2. The van der Waals surface area contributed by atoms with Gasteiger partial charge in [0.25, 0.3) is 0 Å². The van der Waals surface area contributed by atoms with Crippen LogP contribution in [0.5, 0.6) is 0 Å². The van der Waals surface area contributed by atoms with Crippen molar-refractivity contribution in [3.8, 4) is 10.6 Å². The van der Waals surface area contributed by atoms with Gasteiger partial charge in [-0.25, -0.2) is 0 Å². The van der Waals surface area contributed by atoms with Gasteiger partial charge in [0.2, 0.25) is 5.91 Å². The molecule has 0 aliphatic heterocycles. The highest BCUT2D eigenvalue weighted by Gasteiger charge is 2.18. The SMILES string of the molecule is Cc1cc(-c2cccs2)nn1CCNC(=O)CC1CCCC1. The van der Waals surface area contributed by atoms with Gasteiger partial charge in [0.1, 0.15) is 5.69 Å². The number of hydrogen-bond acceptors (Lipinski definition) is 3. The molecule has 1 saturated carbocycles. The molecule has 0 aromatic carbocycles. The lowest BCUT2D eigenvalue weighted by Gasteiger charge is -2.10. The van der Waals surface area contributed by atoms with E-state index in [1.54, 1.807) is 11.3 Å². The highest BCUT2D eigenvalue weighted by molar-refractivity contribution is 7.13. The summed E-state index contributed by atoms with van der Waals surface area (Å²) >= 11 is 1.70. The number of thiophene rings is 1. The molecule has 22 heavy (non-hydrogen) atoms. The van der Waals surface area contributed by atoms with Crippen LogP contribution in [0.25, 0.3) is 10.6 Å². The van der Waals surface area contributed by atoms with Crippen LogP contribution >= 0.6 is 11.3 Å². The first-order chi connectivity index (χ1) is 10.7. The molecule has 0 atom stereocenters.